The van der Waals surface area contributed by atoms with Gasteiger partial charge in [0, 0.05) is 32.2 Å². The van der Waals surface area contributed by atoms with Gasteiger partial charge in [-0.25, -0.2) is 4.98 Å². The molecule has 1 aromatic carbocycles. The lowest BCUT2D eigenvalue weighted by Crippen LogP contribution is -2.46. The van der Waals surface area contributed by atoms with Crippen molar-refractivity contribution >= 4 is 22.3 Å². The molecule has 162 valence electrons. The number of nitrogens with zero attached hydrogens (tertiary/aromatic N) is 4. The van der Waals surface area contributed by atoms with E-state index in [0.717, 1.165) is 52.0 Å². The Morgan fingerprint density at radius 1 is 1.23 bits per heavy atom. The summed E-state index contributed by atoms with van der Waals surface area (Å²) in [7, 11) is 0. The highest BCUT2D eigenvalue weighted by Crippen LogP contribution is 2.34. The van der Waals surface area contributed by atoms with Gasteiger partial charge in [-0.05, 0) is 51.6 Å². The molecule has 2 atom stereocenters. The largest absolute Gasteiger partial charge is 0.373 e. The maximum absolute atomic E-state index is 12.0. The van der Waals surface area contributed by atoms with Crippen LogP contribution in [0.3, 0.4) is 0 Å². The van der Waals surface area contributed by atoms with Crippen LogP contribution in [0.25, 0.3) is 10.9 Å². The number of aromatic amines is 1. The molecule has 2 aliphatic heterocycles. The number of ether oxygens (including phenoxy) is 1. The molecule has 9 heteroatoms. The summed E-state index contributed by atoms with van der Waals surface area (Å²) in [6.07, 6.45) is 5.06. The number of benzene rings is 1. The van der Waals surface area contributed by atoms with Crippen LogP contribution < -0.4 is 10.5 Å². The Hall–Kier alpha value is -2.52. The molecule has 0 saturated carbocycles. The molecule has 1 aromatic heterocycles. The fraction of sp³-hybridized carbons (Fsp3) is 0.619. The van der Waals surface area contributed by atoms with Crippen molar-refractivity contribution in [2.24, 2.45) is 5.92 Å². The van der Waals surface area contributed by atoms with Crippen LogP contribution in [0.4, 0.5) is 11.4 Å². The summed E-state index contributed by atoms with van der Waals surface area (Å²) < 4.78 is 5.81. The van der Waals surface area contributed by atoms with Gasteiger partial charge >= 0.3 is 0 Å². The number of hydrogen-bond acceptors (Lipinski definition) is 7. The topological polar surface area (TPSA) is 105 Å². The van der Waals surface area contributed by atoms with Gasteiger partial charge in [0.2, 0.25) is 0 Å². The van der Waals surface area contributed by atoms with Gasteiger partial charge in [0.05, 0.1) is 34.4 Å². The molecule has 0 amide bonds. The van der Waals surface area contributed by atoms with E-state index in [4.69, 9.17) is 4.74 Å². The molecule has 0 spiro atoms. The molecule has 1 N–H and O–H groups in total. The first-order valence-electron chi connectivity index (χ1n) is 10.7. The number of nitro groups is 1. The highest BCUT2D eigenvalue weighted by atomic mass is 16.6. The average molecular weight is 415 g/mol. The smallest absolute Gasteiger partial charge is 0.293 e. The Morgan fingerprint density at radius 3 is 2.60 bits per heavy atom. The van der Waals surface area contributed by atoms with Crippen LogP contribution in [0.15, 0.2) is 23.3 Å². The van der Waals surface area contributed by atoms with Gasteiger partial charge in [0.1, 0.15) is 5.69 Å². The predicted molar refractivity (Wildman–Crippen MR) is 115 cm³/mol. The number of anilines is 1. The fourth-order valence-corrected chi connectivity index (χ4v) is 4.79. The zero-order valence-electron chi connectivity index (χ0n) is 17.5. The third-order valence-electron chi connectivity index (χ3n) is 6.24. The Kier molecular flexibility index (Phi) is 6.01. The van der Waals surface area contributed by atoms with E-state index in [1.165, 1.54) is 12.4 Å². The summed E-state index contributed by atoms with van der Waals surface area (Å²) in [6.45, 7) is 8.84. The number of H-pyrrole nitrogens is 1. The molecular formula is C21H29N5O4. The van der Waals surface area contributed by atoms with Crippen molar-refractivity contribution < 1.29 is 9.66 Å². The second-order valence-electron chi connectivity index (χ2n) is 8.58. The number of hydrogen-bond donors (Lipinski definition) is 1. The quantitative estimate of drug-likeness (QED) is 0.591. The minimum absolute atomic E-state index is 0.0317. The number of fused-ring (bicyclic) bond motifs is 1. The molecule has 2 aliphatic rings. The molecule has 0 bridgehead atoms. The molecule has 2 saturated heterocycles. The molecular weight excluding hydrogens is 386 g/mol. The van der Waals surface area contributed by atoms with Gasteiger partial charge in [0.15, 0.2) is 0 Å². The van der Waals surface area contributed by atoms with Crippen LogP contribution in [0.5, 0.6) is 0 Å². The number of piperidine rings is 1. The number of rotatable bonds is 5. The number of aromatic nitrogens is 2. The van der Waals surface area contributed by atoms with E-state index < -0.39 is 4.92 Å². The van der Waals surface area contributed by atoms with E-state index in [1.807, 2.05) is 0 Å². The SMILES string of the molecule is CC1CN(CCC2CCN(c3cc4nc[nH]c(=O)c4cc3[N+](=O)[O-])CC2)CC(C)O1. The zero-order chi connectivity index (χ0) is 21.3. The molecule has 9 nitrogen and oxygen atoms in total. The normalized spacial score (nSPS) is 23.7. The van der Waals surface area contributed by atoms with Gasteiger partial charge in [-0.2, -0.15) is 0 Å². The van der Waals surface area contributed by atoms with Crippen LogP contribution >= 0.6 is 0 Å². The van der Waals surface area contributed by atoms with Gasteiger partial charge in [-0.15, -0.1) is 0 Å². The number of nitro benzene ring substituents is 1. The summed E-state index contributed by atoms with van der Waals surface area (Å²) in [6, 6.07) is 3.03. The maximum Gasteiger partial charge on any atom is 0.293 e. The first kappa shape index (κ1) is 20.7. The third-order valence-corrected chi connectivity index (χ3v) is 6.24. The number of nitrogens with one attached hydrogen (secondary N) is 1. The molecule has 0 radical (unpaired) electrons. The van der Waals surface area contributed by atoms with Crippen molar-refractivity contribution in [3.63, 3.8) is 0 Å². The van der Waals surface area contributed by atoms with Gasteiger partial charge < -0.3 is 14.6 Å². The van der Waals surface area contributed by atoms with Crippen LogP contribution in [0.1, 0.15) is 33.1 Å². The second kappa shape index (κ2) is 8.69. The summed E-state index contributed by atoms with van der Waals surface area (Å²) in [5, 5.41) is 11.9. The molecule has 30 heavy (non-hydrogen) atoms. The molecule has 0 aliphatic carbocycles. The van der Waals surface area contributed by atoms with Crippen LogP contribution in [-0.4, -0.2) is 64.7 Å². The van der Waals surface area contributed by atoms with Crippen molar-refractivity contribution in [1.29, 1.82) is 0 Å². The second-order valence-corrected chi connectivity index (χ2v) is 8.58. The molecule has 4 rings (SSSR count). The van der Waals surface area contributed by atoms with Gasteiger partial charge in [-0.3, -0.25) is 19.8 Å². The van der Waals surface area contributed by atoms with E-state index in [1.54, 1.807) is 6.07 Å². The van der Waals surface area contributed by atoms with Crippen molar-refractivity contribution in [2.75, 3.05) is 37.6 Å². The van der Waals surface area contributed by atoms with E-state index >= 15 is 0 Å². The highest BCUT2D eigenvalue weighted by molar-refractivity contribution is 5.87. The first-order valence-corrected chi connectivity index (χ1v) is 10.7. The van der Waals surface area contributed by atoms with Crippen molar-refractivity contribution in [2.45, 2.75) is 45.3 Å². The lowest BCUT2D eigenvalue weighted by Gasteiger charge is -2.37. The van der Waals surface area contributed by atoms with Crippen molar-refractivity contribution in [1.82, 2.24) is 14.9 Å². The Balaban J connectivity index is 1.41. The summed E-state index contributed by atoms with van der Waals surface area (Å²) in [5.74, 6) is 0.621. The Bertz CT molecular complexity index is 960. The van der Waals surface area contributed by atoms with Crippen molar-refractivity contribution in [3.8, 4) is 0 Å². The highest BCUT2D eigenvalue weighted by Gasteiger charge is 2.27. The third kappa shape index (κ3) is 4.46. The zero-order valence-corrected chi connectivity index (χ0v) is 17.5. The standard InChI is InChI=1S/C21H29N5O4/c1-14-11-24(12-15(2)30-14)6-3-16-4-7-25(8-5-16)19-10-18-17(9-20(19)26(28)29)21(27)23-13-22-18/h9-10,13-16H,3-8,11-12H2,1-2H3,(H,22,23,27). The molecule has 3 heterocycles. The number of morpholine rings is 1. The van der Waals surface area contributed by atoms with E-state index in [0.29, 0.717) is 17.1 Å². The predicted octanol–water partition coefficient (Wildman–Crippen LogP) is 2.55. The molecule has 2 unspecified atom stereocenters. The van der Waals surface area contributed by atoms with Gasteiger partial charge in [0.25, 0.3) is 11.2 Å². The summed E-state index contributed by atoms with van der Waals surface area (Å²) in [5.41, 5.74) is 0.646. The Morgan fingerprint density at radius 2 is 1.93 bits per heavy atom. The molecule has 2 aromatic rings. The fourth-order valence-electron chi connectivity index (χ4n) is 4.79. The lowest BCUT2D eigenvalue weighted by atomic mass is 9.92. The van der Waals surface area contributed by atoms with E-state index in [9.17, 15) is 14.9 Å². The maximum atomic E-state index is 12.0. The monoisotopic (exact) mass is 415 g/mol. The first-order chi connectivity index (χ1) is 14.4. The molecule has 2 fully saturated rings. The average Bonchev–Trinajstić information content (AvgIpc) is 2.71. The van der Waals surface area contributed by atoms with Crippen molar-refractivity contribution in [3.05, 3.63) is 38.9 Å². The summed E-state index contributed by atoms with van der Waals surface area (Å²) >= 11 is 0. The van der Waals surface area contributed by atoms with E-state index in [-0.39, 0.29) is 28.8 Å². The van der Waals surface area contributed by atoms with Crippen LogP contribution in [-0.2, 0) is 4.74 Å². The minimum atomic E-state index is -0.409. The minimum Gasteiger partial charge on any atom is -0.373 e. The summed E-state index contributed by atoms with van der Waals surface area (Å²) in [4.78, 5) is 34.4. The Labute approximate surface area is 175 Å². The van der Waals surface area contributed by atoms with Crippen LogP contribution in [0.2, 0.25) is 0 Å². The van der Waals surface area contributed by atoms with Crippen LogP contribution in [0, 0.1) is 16.0 Å². The lowest BCUT2D eigenvalue weighted by molar-refractivity contribution is -0.384. The van der Waals surface area contributed by atoms with E-state index in [2.05, 4.69) is 33.6 Å². The van der Waals surface area contributed by atoms with Gasteiger partial charge in [-0.1, -0.05) is 0 Å².